The zero-order valence-electron chi connectivity index (χ0n) is 6.92. The van der Waals surface area contributed by atoms with E-state index in [1.165, 1.54) is 0 Å². The molecule has 0 atom stereocenters. The van der Waals surface area contributed by atoms with Gasteiger partial charge in [0.25, 0.3) is 0 Å². The lowest BCUT2D eigenvalue weighted by molar-refractivity contribution is -0.787. The molecule has 12 heteroatoms. The maximum absolute atomic E-state index is 10.0. The summed E-state index contributed by atoms with van der Waals surface area (Å²) >= 11 is 0. The lowest BCUT2D eigenvalue weighted by Gasteiger charge is -2.02. The minimum Gasteiger partial charge on any atom is -0.259 e. The second-order valence-electron chi connectivity index (χ2n) is 2.34. The Labute approximate surface area is 80.1 Å². The van der Waals surface area contributed by atoms with Gasteiger partial charge in [-0.05, 0) is 0 Å². The van der Waals surface area contributed by atoms with Crippen LogP contribution in [-0.4, -0.2) is 32.0 Å². The van der Waals surface area contributed by atoms with Crippen LogP contribution in [0, 0.1) is 40.5 Å². The van der Waals surface area contributed by atoms with Crippen molar-refractivity contribution in [1.82, 2.24) is 0 Å². The van der Waals surface area contributed by atoms with Crippen molar-refractivity contribution in [3.63, 3.8) is 0 Å². The smallest absolute Gasteiger partial charge is 0.259 e. The maximum Gasteiger partial charge on any atom is 0.464 e. The summed E-state index contributed by atoms with van der Waals surface area (Å²) in [5.41, 5.74) is 0. The Morgan fingerprint density at radius 1 is 0.667 bits per heavy atom. The molecular formula is C3H4N4O8. The highest BCUT2D eigenvalue weighted by Crippen LogP contribution is 2.06. The van der Waals surface area contributed by atoms with E-state index in [-0.39, 0.29) is 0 Å². The van der Waals surface area contributed by atoms with Gasteiger partial charge >= 0.3 is 12.3 Å². The van der Waals surface area contributed by atoms with Crippen LogP contribution in [0.1, 0.15) is 6.42 Å². The van der Waals surface area contributed by atoms with Crippen LogP contribution in [0.5, 0.6) is 0 Å². The third-order valence-corrected chi connectivity index (χ3v) is 1.40. The molecule has 12 nitrogen and oxygen atoms in total. The molecule has 0 unspecified atom stereocenters. The third-order valence-electron chi connectivity index (χ3n) is 1.40. The summed E-state index contributed by atoms with van der Waals surface area (Å²) < 4.78 is 0. The number of nitro groups is 4. The summed E-state index contributed by atoms with van der Waals surface area (Å²) in [7, 11) is 0. The molecule has 0 aliphatic heterocycles. The van der Waals surface area contributed by atoms with E-state index in [1.54, 1.807) is 0 Å². The van der Waals surface area contributed by atoms with Gasteiger partial charge in [-0.2, -0.15) is 0 Å². The Hall–Kier alpha value is -2.40. The highest BCUT2D eigenvalue weighted by molar-refractivity contribution is 4.47. The van der Waals surface area contributed by atoms with Crippen LogP contribution in [0.3, 0.4) is 0 Å². The molecule has 0 rings (SSSR count). The van der Waals surface area contributed by atoms with Crippen molar-refractivity contribution in [2.45, 2.75) is 18.8 Å². The number of nitrogens with zero attached hydrogens (tertiary/aromatic N) is 4. The first-order chi connectivity index (χ1) is 6.77. The van der Waals surface area contributed by atoms with Crippen molar-refractivity contribution in [2.75, 3.05) is 0 Å². The van der Waals surface area contributed by atoms with Crippen molar-refractivity contribution in [3.05, 3.63) is 40.5 Å². The lowest BCUT2D eigenvalue weighted by Crippen LogP contribution is -2.39. The third kappa shape index (κ3) is 3.45. The van der Waals surface area contributed by atoms with Crippen LogP contribution in [0.15, 0.2) is 0 Å². The fourth-order valence-electron chi connectivity index (χ4n) is 0.687. The van der Waals surface area contributed by atoms with Crippen LogP contribution in [0.2, 0.25) is 0 Å². The quantitative estimate of drug-likeness (QED) is 0.318. The molecule has 0 aliphatic rings. The molecule has 0 spiro atoms. The Bertz CT molecular complexity index is 255. The normalized spacial score (nSPS) is 10.3. The van der Waals surface area contributed by atoms with E-state index in [2.05, 4.69) is 0 Å². The monoisotopic (exact) mass is 224 g/mol. The van der Waals surface area contributed by atoms with Crippen molar-refractivity contribution in [3.8, 4) is 0 Å². The lowest BCUT2D eigenvalue weighted by atomic mass is 10.3. The molecule has 0 N–H and O–H groups in total. The van der Waals surface area contributed by atoms with Crippen molar-refractivity contribution in [2.24, 2.45) is 0 Å². The van der Waals surface area contributed by atoms with Gasteiger partial charge in [0.05, 0.1) is 19.7 Å². The minimum atomic E-state index is -2.55. The molecule has 0 aromatic heterocycles. The molecule has 0 bridgehead atoms. The SMILES string of the molecule is O=[N+]([O-])C(CC([N+](=O)[O-])[N+](=O)[O-])[N+](=O)[O-]. The van der Waals surface area contributed by atoms with E-state index >= 15 is 0 Å². The Morgan fingerprint density at radius 2 is 0.867 bits per heavy atom. The van der Waals surface area contributed by atoms with Crippen LogP contribution in [0.4, 0.5) is 0 Å². The average molecular weight is 224 g/mol. The summed E-state index contributed by atoms with van der Waals surface area (Å²) in [5.74, 6) is 0. The summed E-state index contributed by atoms with van der Waals surface area (Å²) in [4.78, 5) is 34.5. The molecule has 0 saturated carbocycles. The molecule has 0 saturated heterocycles. The summed E-state index contributed by atoms with van der Waals surface area (Å²) in [6, 6.07) is 0. The number of hydrogen-bond donors (Lipinski definition) is 0. The molecule has 0 heterocycles. The fraction of sp³-hybridized carbons (Fsp3) is 1.00. The van der Waals surface area contributed by atoms with Crippen molar-refractivity contribution in [1.29, 1.82) is 0 Å². The van der Waals surface area contributed by atoms with Gasteiger partial charge in [-0.15, -0.1) is 0 Å². The topological polar surface area (TPSA) is 173 Å². The molecule has 0 amide bonds. The summed E-state index contributed by atoms with van der Waals surface area (Å²) in [6.45, 7) is 0. The first-order valence-corrected chi connectivity index (χ1v) is 3.31. The van der Waals surface area contributed by atoms with Crippen LogP contribution >= 0.6 is 0 Å². The first-order valence-electron chi connectivity index (χ1n) is 3.31. The maximum atomic E-state index is 10.0. The zero-order valence-corrected chi connectivity index (χ0v) is 6.92. The van der Waals surface area contributed by atoms with Crippen LogP contribution in [-0.2, 0) is 0 Å². The summed E-state index contributed by atoms with van der Waals surface area (Å²) in [6.07, 6.45) is -6.49. The first kappa shape index (κ1) is 12.6. The van der Waals surface area contributed by atoms with Crippen molar-refractivity contribution < 1.29 is 19.7 Å². The van der Waals surface area contributed by atoms with Gasteiger partial charge in [-0.25, -0.2) is 0 Å². The highest BCUT2D eigenvalue weighted by atomic mass is 16.7. The highest BCUT2D eigenvalue weighted by Gasteiger charge is 2.47. The van der Waals surface area contributed by atoms with Gasteiger partial charge in [-0.3, -0.25) is 40.5 Å². The van der Waals surface area contributed by atoms with Crippen molar-refractivity contribution >= 4 is 0 Å². The van der Waals surface area contributed by atoms with Gasteiger partial charge in [0.15, 0.2) is 0 Å². The zero-order chi connectivity index (χ0) is 12.2. The van der Waals surface area contributed by atoms with E-state index < -0.39 is 38.4 Å². The van der Waals surface area contributed by atoms with E-state index in [9.17, 15) is 40.5 Å². The molecule has 84 valence electrons. The second-order valence-corrected chi connectivity index (χ2v) is 2.34. The molecule has 0 aliphatic carbocycles. The minimum absolute atomic E-state index is 1.39. The second kappa shape index (κ2) is 4.73. The predicted molar refractivity (Wildman–Crippen MR) is 40.2 cm³/mol. The van der Waals surface area contributed by atoms with E-state index in [1.807, 2.05) is 0 Å². The Kier molecular flexibility index (Phi) is 3.97. The molecule has 0 fully saturated rings. The van der Waals surface area contributed by atoms with E-state index in [0.717, 1.165) is 0 Å². The number of rotatable bonds is 6. The van der Waals surface area contributed by atoms with Gasteiger partial charge in [0.2, 0.25) is 6.42 Å². The van der Waals surface area contributed by atoms with Gasteiger partial charge in [0.1, 0.15) is 0 Å². The van der Waals surface area contributed by atoms with E-state index in [0.29, 0.717) is 0 Å². The number of hydrogen-bond acceptors (Lipinski definition) is 8. The van der Waals surface area contributed by atoms with Gasteiger partial charge in [-0.1, -0.05) is 0 Å². The van der Waals surface area contributed by atoms with Gasteiger partial charge in [0, 0.05) is 0 Å². The fourth-order valence-corrected chi connectivity index (χ4v) is 0.687. The molecule has 15 heavy (non-hydrogen) atoms. The largest absolute Gasteiger partial charge is 0.464 e. The Morgan fingerprint density at radius 3 is 1.00 bits per heavy atom. The average Bonchev–Trinajstić information content (AvgIpc) is 2.01. The standard InChI is InChI=1S/C3H4N4O8/c8-4(9)2(5(10)11)1-3(6(12)13)7(14)15/h2-3H,1H2. The molecular weight excluding hydrogens is 220 g/mol. The van der Waals surface area contributed by atoms with Crippen LogP contribution < -0.4 is 0 Å². The molecule has 0 aromatic rings. The summed E-state index contributed by atoms with van der Waals surface area (Å²) in [5, 5.41) is 40.2. The predicted octanol–water partition coefficient (Wildman–Crippen LogP) is -0.864. The van der Waals surface area contributed by atoms with Gasteiger partial charge < -0.3 is 0 Å². The molecule has 0 radical (unpaired) electrons. The van der Waals surface area contributed by atoms with E-state index in [4.69, 9.17) is 0 Å². The Balaban J connectivity index is 4.77. The molecule has 0 aromatic carbocycles. The van der Waals surface area contributed by atoms with Crippen LogP contribution in [0.25, 0.3) is 0 Å².